The largest absolute Gasteiger partial charge is 0.330 e. The summed E-state index contributed by atoms with van der Waals surface area (Å²) in [6, 6.07) is 15.9. The number of pyridine rings is 1. The van der Waals surface area contributed by atoms with Gasteiger partial charge in [-0.05, 0) is 37.0 Å². The number of aromatic nitrogens is 1. The maximum absolute atomic E-state index is 13.9. The third kappa shape index (κ3) is 3.36. The lowest BCUT2D eigenvalue weighted by Gasteiger charge is -2.30. The lowest BCUT2D eigenvalue weighted by atomic mass is 9.94. The Bertz CT molecular complexity index is 1200. The summed E-state index contributed by atoms with van der Waals surface area (Å²) in [6.07, 6.45) is 6.46. The number of nitrogens with zero attached hydrogens (tertiary/aromatic N) is 3. The van der Waals surface area contributed by atoms with Gasteiger partial charge in [0.05, 0.1) is 11.1 Å². The van der Waals surface area contributed by atoms with Gasteiger partial charge in [-0.1, -0.05) is 62.6 Å². The Morgan fingerprint density at radius 2 is 1.78 bits per heavy atom. The Labute approximate surface area is 189 Å². The molecular weight excluding hydrogens is 398 g/mol. The zero-order chi connectivity index (χ0) is 22.2. The normalized spacial score (nSPS) is 16.4. The average molecular weight is 428 g/mol. The highest BCUT2D eigenvalue weighted by atomic mass is 16.2. The van der Waals surface area contributed by atoms with E-state index in [1.807, 2.05) is 54.4 Å². The first kappa shape index (κ1) is 20.7. The van der Waals surface area contributed by atoms with Crippen molar-refractivity contribution >= 4 is 28.4 Å². The molecule has 1 aliphatic heterocycles. The van der Waals surface area contributed by atoms with E-state index in [4.69, 9.17) is 4.98 Å². The number of benzene rings is 2. The predicted octanol–water partition coefficient (Wildman–Crippen LogP) is 5.36. The molecule has 1 saturated carbocycles. The molecule has 2 amide bonds. The Morgan fingerprint density at radius 3 is 2.56 bits per heavy atom. The number of para-hydroxylation sites is 2. The molecule has 0 bridgehead atoms. The molecule has 5 heteroatoms. The van der Waals surface area contributed by atoms with Gasteiger partial charge >= 0.3 is 0 Å². The SMILES string of the molecule is CCc1ccccc1N(C)C(=O)c1c2c(nc3ccccc13)C(=O)N(C1CCCCC1)C2. The Kier molecular flexibility index (Phi) is 5.41. The van der Waals surface area contributed by atoms with E-state index in [1.54, 1.807) is 4.90 Å². The second-order valence-electron chi connectivity index (χ2n) is 8.90. The van der Waals surface area contributed by atoms with Crippen LogP contribution in [-0.2, 0) is 13.0 Å². The standard InChI is InChI=1S/C27H29N3O2/c1-3-18-11-7-10-16-23(18)29(2)26(31)24-20-14-8-9-15-22(20)28-25-21(24)17-30(27(25)32)19-12-5-4-6-13-19/h7-11,14-16,19H,3-6,12-13,17H2,1-2H3. The van der Waals surface area contributed by atoms with Crippen molar-refractivity contribution in [2.45, 2.75) is 58.0 Å². The average Bonchev–Trinajstić information content (AvgIpc) is 3.18. The molecule has 1 aromatic heterocycles. The highest BCUT2D eigenvalue weighted by Gasteiger charge is 2.38. The predicted molar refractivity (Wildman–Crippen MR) is 127 cm³/mol. The topological polar surface area (TPSA) is 53.5 Å². The number of amides is 2. The summed E-state index contributed by atoms with van der Waals surface area (Å²) in [5.74, 6) is -0.109. The summed E-state index contributed by atoms with van der Waals surface area (Å²) in [5, 5.41) is 0.815. The van der Waals surface area contributed by atoms with E-state index in [0.717, 1.165) is 54.3 Å². The van der Waals surface area contributed by atoms with Crippen LogP contribution in [0.1, 0.15) is 71.0 Å². The van der Waals surface area contributed by atoms with Crippen molar-refractivity contribution in [1.29, 1.82) is 0 Å². The maximum Gasteiger partial charge on any atom is 0.273 e. The van der Waals surface area contributed by atoms with Gasteiger partial charge in [-0.25, -0.2) is 4.98 Å². The van der Waals surface area contributed by atoms with Gasteiger partial charge in [0.25, 0.3) is 11.8 Å². The lowest BCUT2D eigenvalue weighted by molar-refractivity contribution is 0.0655. The second kappa shape index (κ2) is 8.38. The monoisotopic (exact) mass is 427 g/mol. The van der Waals surface area contributed by atoms with E-state index >= 15 is 0 Å². The van der Waals surface area contributed by atoms with Crippen LogP contribution in [0.25, 0.3) is 10.9 Å². The minimum Gasteiger partial charge on any atom is -0.330 e. The van der Waals surface area contributed by atoms with Crippen LogP contribution in [0.4, 0.5) is 5.69 Å². The minimum atomic E-state index is -0.0842. The molecule has 1 aliphatic carbocycles. The van der Waals surface area contributed by atoms with Crippen LogP contribution in [0.3, 0.4) is 0 Å². The van der Waals surface area contributed by atoms with Gasteiger partial charge < -0.3 is 9.80 Å². The molecule has 0 spiro atoms. The molecule has 2 heterocycles. The molecule has 0 atom stereocenters. The molecule has 5 rings (SSSR count). The fourth-order valence-corrected chi connectivity index (χ4v) is 5.31. The van der Waals surface area contributed by atoms with Gasteiger partial charge in [0.15, 0.2) is 0 Å². The van der Waals surface area contributed by atoms with Crippen molar-refractivity contribution in [2.24, 2.45) is 0 Å². The number of carbonyl (C=O) groups is 2. The van der Waals surface area contributed by atoms with Crippen LogP contribution in [0.2, 0.25) is 0 Å². The summed E-state index contributed by atoms with van der Waals surface area (Å²) in [5.41, 5.74) is 4.58. The Balaban J connectivity index is 1.62. The van der Waals surface area contributed by atoms with Crippen LogP contribution < -0.4 is 4.90 Å². The van der Waals surface area contributed by atoms with Gasteiger partial charge in [0.2, 0.25) is 0 Å². The third-order valence-corrected chi connectivity index (χ3v) is 7.05. The van der Waals surface area contributed by atoms with Gasteiger partial charge in [0, 0.05) is 36.3 Å². The molecule has 32 heavy (non-hydrogen) atoms. The Hall–Kier alpha value is -3.21. The van der Waals surface area contributed by atoms with Gasteiger partial charge in [0.1, 0.15) is 5.69 Å². The zero-order valence-corrected chi connectivity index (χ0v) is 18.8. The molecule has 0 N–H and O–H groups in total. The highest BCUT2D eigenvalue weighted by molar-refractivity contribution is 6.17. The van der Waals surface area contributed by atoms with Crippen molar-refractivity contribution in [2.75, 3.05) is 11.9 Å². The van der Waals surface area contributed by atoms with Crippen LogP contribution in [0.15, 0.2) is 48.5 Å². The molecule has 164 valence electrons. The van der Waals surface area contributed by atoms with Crippen molar-refractivity contribution < 1.29 is 9.59 Å². The van der Waals surface area contributed by atoms with E-state index in [0.29, 0.717) is 23.3 Å². The molecule has 0 saturated heterocycles. The first-order chi connectivity index (χ1) is 15.6. The molecule has 1 fully saturated rings. The third-order valence-electron chi connectivity index (χ3n) is 7.05. The van der Waals surface area contributed by atoms with Crippen molar-refractivity contribution in [1.82, 2.24) is 9.88 Å². The second-order valence-corrected chi connectivity index (χ2v) is 8.90. The van der Waals surface area contributed by atoms with Crippen LogP contribution in [-0.4, -0.2) is 34.8 Å². The smallest absolute Gasteiger partial charge is 0.273 e. The van der Waals surface area contributed by atoms with E-state index in [9.17, 15) is 9.59 Å². The van der Waals surface area contributed by atoms with E-state index < -0.39 is 0 Å². The summed E-state index contributed by atoms with van der Waals surface area (Å²) in [4.78, 5) is 35.8. The molecule has 3 aromatic rings. The van der Waals surface area contributed by atoms with E-state index in [2.05, 4.69) is 13.0 Å². The number of anilines is 1. The number of hydrogen-bond donors (Lipinski definition) is 0. The highest BCUT2D eigenvalue weighted by Crippen LogP contribution is 2.36. The molecule has 5 nitrogen and oxygen atoms in total. The van der Waals surface area contributed by atoms with Crippen LogP contribution in [0, 0.1) is 0 Å². The van der Waals surface area contributed by atoms with Crippen molar-refractivity contribution in [3.05, 3.63) is 70.9 Å². The molecular formula is C27H29N3O2. The number of fused-ring (bicyclic) bond motifs is 2. The maximum atomic E-state index is 13.9. The van der Waals surface area contributed by atoms with Crippen LogP contribution in [0.5, 0.6) is 0 Å². The number of rotatable bonds is 4. The van der Waals surface area contributed by atoms with Crippen molar-refractivity contribution in [3.63, 3.8) is 0 Å². The first-order valence-electron chi connectivity index (χ1n) is 11.7. The zero-order valence-electron chi connectivity index (χ0n) is 18.8. The van der Waals surface area contributed by atoms with Gasteiger partial charge in [-0.2, -0.15) is 0 Å². The summed E-state index contributed by atoms with van der Waals surface area (Å²) < 4.78 is 0. The molecule has 0 unspecified atom stereocenters. The van der Waals surface area contributed by atoms with E-state index in [-0.39, 0.29) is 17.9 Å². The summed E-state index contributed by atoms with van der Waals surface area (Å²) >= 11 is 0. The number of carbonyl (C=O) groups excluding carboxylic acids is 2. The first-order valence-corrected chi connectivity index (χ1v) is 11.7. The lowest BCUT2D eigenvalue weighted by Crippen LogP contribution is -2.37. The molecule has 0 radical (unpaired) electrons. The van der Waals surface area contributed by atoms with Gasteiger partial charge in [-0.3, -0.25) is 9.59 Å². The Morgan fingerprint density at radius 1 is 1.06 bits per heavy atom. The van der Waals surface area contributed by atoms with E-state index in [1.165, 1.54) is 6.42 Å². The van der Waals surface area contributed by atoms with Crippen molar-refractivity contribution in [3.8, 4) is 0 Å². The van der Waals surface area contributed by atoms with Gasteiger partial charge in [-0.15, -0.1) is 0 Å². The molecule has 2 aliphatic rings. The minimum absolute atomic E-state index is 0.0247. The quantitative estimate of drug-likeness (QED) is 0.563. The summed E-state index contributed by atoms with van der Waals surface area (Å²) in [7, 11) is 1.83. The fraction of sp³-hybridized carbons (Fsp3) is 0.370. The number of hydrogen-bond acceptors (Lipinski definition) is 3. The number of aryl methyl sites for hydroxylation is 1. The molecule has 2 aromatic carbocycles. The van der Waals surface area contributed by atoms with Crippen LogP contribution >= 0.6 is 0 Å². The summed E-state index contributed by atoms with van der Waals surface area (Å²) in [6.45, 7) is 2.57. The fourth-order valence-electron chi connectivity index (χ4n) is 5.31.